The van der Waals surface area contributed by atoms with Crippen LogP contribution in [0.3, 0.4) is 0 Å². The molecule has 0 fully saturated rings. The van der Waals surface area contributed by atoms with Crippen molar-refractivity contribution in [2.24, 2.45) is 5.73 Å². The van der Waals surface area contributed by atoms with E-state index < -0.39 is 17.6 Å². The van der Waals surface area contributed by atoms with E-state index in [0.29, 0.717) is 13.0 Å². The van der Waals surface area contributed by atoms with Gasteiger partial charge in [-0.3, -0.25) is 4.79 Å². The first kappa shape index (κ1) is 14.5. The number of amides is 1. The molecule has 0 aromatic heterocycles. The molecule has 1 aromatic carbocycles. The van der Waals surface area contributed by atoms with Crippen LogP contribution in [0.2, 0.25) is 0 Å². The quantitative estimate of drug-likeness (QED) is 0.871. The van der Waals surface area contributed by atoms with E-state index in [-0.39, 0.29) is 11.6 Å². The van der Waals surface area contributed by atoms with Crippen LogP contribution in [0.25, 0.3) is 0 Å². The highest BCUT2D eigenvalue weighted by Crippen LogP contribution is 2.29. The number of hydrogen-bond donors (Lipinski definition) is 2. The van der Waals surface area contributed by atoms with Crippen LogP contribution in [0.15, 0.2) is 24.3 Å². The molecule has 0 saturated heterocycles. The number of alkyl halides is 3. The third-order valence-electron chi connectivity index (χ3n) is 2.45. The van der Waals surface area contributed by atoms with Gasteiger partial charge in [-0.1, -0.05) is 0 Å². The lowest BCUT2D eigenvalue weighted by atomic mass is 10.1. The first-order valence-corrected chi connectivity index (χ1v) is 5.52. The van der Waals surface area contributed by atoms with Gasteiger partial charge in [0.1, 0.15) is 0 Å². The predicted molar refractivity (Wildman–Crippen MR) is 62.0 cm³/mol. The van der Waals surface area contributed by atoms with Gasteiger partial charge in [-0.25, -0.2) is 0 Å². The highest BCUT2D eigenvalue weighted by atomic mass is 19.4. The van der Waals surface area contributed by atoms with Crippen molar-refractivity contribution in [2.45, 2.75) is 25.6 Å². The van der Waals surface area contributed by atoms with E-state index in [9.17, 15) is 18.0 Å². The second-order valence-corrected chi connectivity index (χ2v) is 4.03. The molecule has 0 spiro atoms. The molecule has 0 radical (unpaired) electrons. The number of hydrogen-bond acceptors (Lipinski definition) is 2. The highest BCUT2D eigenvalue weighted by Gasteiger charge is 2.30. The standard InChI is InChI=1S/C12H15F3N2O/c1-8(6-7-16)17-11(18)9-2-4-10(5-3-9)12(13,14)15/h2-5,8H,6-7,16H2,1H3,(H,17,18). The van der Waals surface area contributed by atoms with Crippen molar-refractivity contribution in [2.75, 3.05) is 6.54 Å². The summed E-state index contributed by atoms with van der Waals surface area (Å²) in [6.45, 7) is 2.23. The molecule has 0 heterocycles. The molecule has 3 N–H and O–H groups in total. The monoisotopic (exact) mass is 260 g/mol. The van der Waals surface area contributed by atoms with Crippen LogP contribution >= 0.6 is 0 Å². The fourth-order valence-electron chi connectivity index (χ4n) is 1.44. The third kappa shape index (κ3) is 4.03. The minimum atomic E-state index is -4.39. The summed E-state index contributed by atoms with van der Waals surface area (Å²) in [4.78, 5) is 11.7. The van der Waals surface area contributed by atoms with E-state index >= 15 is 0 Å². The summed E-state index contributed by atoms with van der Waals surface area (Å²) >= 11 is 0. The van der Waals surface area contributed by atoms with E-state index in [4.69, 9.17) is 5.73 Å². The Kier molecular flexibility index (Phi) is 4.72. The van der Waals surface area contributed by atoms with E-state index in [2.05, 4.69) is 5.32 Å². The topological polar surface area (TPSA) is 55.1 Å². The van der Waals surface area contributed by atoms with Crippen molar-refractivity contribution in [3.05, 3.63) is 35.4 Å². The molecule has 3 nitrogen and oxygen atoms in total. The summed E-state index contributed by atoms with van der Waals surface area (Å²) < 4.78 is 37.0. The number of halogens is 3. The van der Waals surface area contributed by atoms with Gasteiger partial charge >= 0.3 is 6.18 Å². The maximum Gasteiger partial charge on any atom is 0.416 e. The lowest BCUT2D eigenvalue weighted by Gasteiger charge is -2.13. The van der Waals surface area contributed by atoms with Crippen LogP contribution in [0.4, 0.5) is 13.2 Å². The smallest absolute Gasteiger partial charge is 0.350 e. The SMILES string of the molecule is CC(CCN)NC(=O)c1ccc(C(F)(F)F)cc1. The maximum absolute atomic E-state index is 12.3. The molecular formula is C12H15F3N2O. The number of carbonyl (C=O) groups excluding carboxylic acids is 1. The fourth-order valence-corrected chi connectivity index (χ4v) is 1.44. The molecule has 0 bridgehead atoms. The van der Waals surface area contributed by atoms with Crippen molar-refractivity contribution in [1.82, 2.24) is 5.32 Å². The normalized spacial score (nSPS) is 13.2. The lowest BCUT2D eigenvalue weighted by Crippen LogP contribution is -2.34. The van der Waals surface area contributed by atoms with Crippen molar-refractivity contribution in [1.29, 1.82) is 0 Å². The summed E-state index contributed by atoms with van der Waals surface area (Å²) in [7, 11) is 0. The zero-order valence-corrected chi connectivity index (χ0v) is 9.92. The number of carbonyl (C=O) groups is 1. The molecule has 1 atom stereocenters. The van der Waals surface area contributed by atoms with Crippen molar-refractivity contribution < 1.29 is 18.0 Å². The Morgan fingerprint density at radius 2 is 1.89 bits per heavy atom. The van der Waals surface area contributed by atoms with Crippen molar-refractivity contribution in [3.8, 4) is 0 Å². The van der Waals surface area contributed by atoms with E-state index in [1.54, 1.807) is 6.92 Å². The number of benzene rings is 1. The largest absolute Gasteiger partial charge is 0.416 e. The average molecular weight is 260 g/mol. The van der Waals surface area contributed by atoms with Gasteiger partial charge in [0.05, 0.1) is 5.56 Å². The molecule has 18 heavy (non-hydrogen) atoms. The van der Waals surface area contributed by atoms with Gasteiger partial charge in [0.15, 0.2) is 0 Å². The predicted octanol–water partition coefficient (Wildman–Crippen LogP) is 2.17. The highest BCUT2D eigenvalue weighted by molar-refractivity contribution is 5.94. The molecule has 0 aliphatic carbocycles. The third-order valence-corrected chi connectivity index (χ3v) is 2.45. The molecule has 100 valence electrons. The van der Waals surface area contributed by atoms with Crippen LogP contribution in [-0.2, 0) is 6.18 Å². The molecule has 1 amide bonds. The van der Waals surface area contributed by atoms with Gasteiger partial charge in [0.25, 0.3) is 5.91 Å². The zero-order valence-electron chi connectivity index (χ0n) is 9.92. The van der Waals surface area contributed by atoms with E-state index in [1.165, 1.54) is 0 Å². The summed E-state index contributed by atoms with van der Waals surface area (Å²) in [5, 5.41) is 2.66. The van der Waals surface area contributed by atoms with E-state index in [1.807, 2.05) is 0 Å². The minimum absolute atomic E-state index is 0.107. The Hall–Kier alpha value is -1.56. The first-order valence-electron chi connectivity index (χ1n) is 5.52. The van der Waals surface area contributed by atoms with Crippen LogP contribution in [0, 0.1) is 0 Å². The second-order valence-electron chi connectivity index (χ2n) is 4.03. The van der Waals surface area contributed by atoms with Gasteiger partial charge in [0, 0.05) is 11.6 Å². The van der Waals surface area contributed by atoms with Gasteiger partial charge < -0.3 is 11.1 Å². The van der Waals surface area contributed by atoms with Crippen LogP contribution in [0.1, 0.15) is 29.3 Å². The lowest BCUT2D eigenvalue weighted by molar-refractivity contribution is -0.137. The second kappa shape index (κ2) is 5.86. The Balaban J connectivity index is 2.71. The number of nitrogens with two attached hydrogens (primary N) is 1. The summed E-state index contributed by atoms with van der Waals surface area (Å²) in [6, 6.07) is 4.00. The van der Waals surface area contributed by atoms with Gasteiger partial charge in [0.2, 0.25) is 0 Å². The average Bonchev–Trinajstić information content (AvgIpc) is 2.28. The Bertz CT molecular complexity index is 401. The minimum Gasteiger partial charge on any atom is -0.350 e. The van der Waals surface area contributed by atoms with E-state index in [0.717, 1.165) is 24.3 Å². The number of rotatable bonds is 4. The van der Waals surface area contributed by atoms with Crippen LogP contribution in [-0.4, -0.2) is 18.5 Å². The molecule has 1 unspecified atom stereocenters. The maximum atomic E-state index is 12.3. The summed E-state index contributed by atoms with van der Waals surface area (Å²) in [6.07, 6.45) is -3.77. The molecule has 0 aliphatic rings. The fraction of sp³-hybridized carbons (Fsp3) is 0.417. The Labute approximate surface area is 103 Å². The van der Waals surface area contributed by atoms with Crippen LogP contribution < -0.4 is 11.1 Å². The first-order chi connectivity index (χ1) is 8.34. The van der Waals surface area contributed by atoms with Crippen molar-refractivity contribution >= 4 is 5.91 Å². The summed E-state index contributed by atoms with van der Waals surface area (Å²) in [5.41, 5.74) is 4.77. The van der Waals surface area contributed by atoms with Crippen molar-refractivity contribution in [3.63, 3.8) is 0 Å². The van der Waals surface area contributed by atoms with Crippen LogP contribution in [0.5, 0.6) is 0 Å². The van der Waals surface area contributed by atoms with Gasteiger partial charge in [-0.05, 0) is 44.2 Å². The molecule has 1 rings (SSSR count). The molecule has 0 saturated carbocycles. The Morgan fingerprint density at radius 3 is 2.33 bits per heavy atom. The molecule has 6 heteroatoms. The Morgan fingerprint density at radius 1 is 1.33 bits per heavy atom. The molecular weight excluding hydrogens is 245 g/mol. The molecule has 0 aliphatic heterocycles. The van der Waals surface area contributed by atoms with Gasteiger partial charge in [-0.2, -0.15) is 13.2 Å². The summed E-state index contributed by atoms with van der Waals surface area (Å²) in [5.74, 6) is -0.398. The number of nitrogens with one attached hydrogen (secondary N) is 1. The zero-order chi connectivity index (χ0) is 13.8. The molecule has 1 aromatic rings. The van der Waals surface area contributed by atoms with Gasteiger partial charge in [-0.15, -0.1) is 0 Å².